The highest BCUT2D eigenvalue weighted by Gasteiger charge is 2.37. The van der Waals surface area contributed by atoms with Crippen molar-refractivity contribution >= 4 is 11.9 Å². The molecular formula is C14H17NO3. The maximum absolute atomic E-state index is 12.2. The minimum Gasteiger partial charge on any atom is -0.481 e. The number of hydrogen-bond donors (Lipinski definition) is 1. The molecule has 96 valence electrons. The maximum atomic E-state index is 12.2. The minimum absolute atomic E-state index is 0.0110. The van der Waals surface area contributed by atoms with Crippen LogP contribution in [0, 0.1) is 18.8 Å². The normalized spacial score (nSPS) is 23.1. The Labute approximate surface area is 106 Å². The zero-order valence-corrected chi connectivity index (χ0v) is 10.6. The summed E-state index contributed by atoms with van der Waals surface area (Å²) in [7, 11) is 0. The Hall–Kier alpha value is -1.84. The molecule has 1 aliphatic rings. The van der Waals surface area contributed by atoms with E-state index in [1.807, 2.05) is 26.0 Å². The van der Waals surface area contributed by atoms with Crippen molar-refractivity contribution in [3.05, 3.63) is 35.4 Å². The summed E-state index contributed by atoms with van der Waals surface area (Å²) in [4.78, 5) is 24.9. The van der Waals surface area contributed by atoms with E-state index in [0.717, 1.165) is 5.56 Å². The number of nitrogens with zero attached hydrogens (tertiary/aromatic N) is 1. The molecule has 0 spiro atoms. The molecule has 0 radical (unpaired) electrons. The topological polar surface area (TPSA) is 57.6 Å². The van der Waals surface area contributed by atoms with Crippen molar-refractivity contribution in [2.45, 2.75) is 13.8 Å². The summed E-state index contributed by atoms with van der Waals surface area (Å²) in [5.41, 5.74) is 1.73. The number of carbonyl (C=O) groups is 2. The van der Waals surface area contributed by atoms with Gasteiger partial charge in [-0.2, -0.15) is 0 Å². The van der Waals surface area contributed by atoms with Crippen LogP contribution in [0.25, 0.3) is 0 Å². The first-order valence-corrected chi connectivity index (χ1v) is 6.08. The average Bonchev–Trinajstić information content (AvgIpc) is 2.71. The number of carboxylic acids is 1. The lowest BCUT2D eigenvalue weighted by molar-refractivity contribution is -0.142. The van der Waals surface area contributed by atoms with Gasteiger partial charge in [0.2, 0.25) is 0 Å². The van der Waals surface area contributed by atoms with Gasteiger partial charge in [-0.15, -0.1) is 0 Å². The number of rotatable bonds is 2. The molecule has 1 aromatic carbocycles. The quantitative estimate of drug-likeness (QED) is 0.866. The van der Waals surface area contributed by atoms with Gasteiger partial charge < -0.3 is 10.0 Å². The standard InChI is InChI=1S/C14H17NO3/c1-9-3-5-11(6-4-9)13(16)15-7-10(2)12(8-15)14(17)18/h3-6,10,12H,7-8H2,1-2H3,(H,17,18)/t10-,12-/m1/s1. The van der Waals surface area contributed by atoms with Crippen LogP contribution in [0.2, 0.25) is 0 Å². The Morgan fingerprint density at radius 3 is 2.33 bits per heavy atom. The summed E-state index contributed by atoms with van der Waals surface area (Å²) in [5, 5.41) is 9.05. The van der Waals surface area contributed by atoms with Crippen LogP contribution < -0.4 is 0 Å². The van der Waals surface area contributed by atoms with E-state index in [-0.39, 0.29) is 11.8 Å². The van der Waals surface area contributed by atoms with Crippen LogP contribution in [-0.4, -0.2) is 35.0 Å². The molecule has 1 amide bonds. The predicted octanol–water partition coefficient (Wildman–Crippen LogP) is 1.79. The molecule has 4 heteroatoms. The van der Waals surface area contributed by atoms with Crippen molar-refractivity contribution in [2.24, 2.45) is 11.8 Å². The van der Waals surface area contributed by atoms with E-state index in [2.05, 4.69) is 0 Å². The molecule has 0 aromatic heterocycles. The summed E-state index contributed by atoms with van der Waals surface area (Å²) in [6, 6.07) is 7.36. The van der Waals surface area contributed by atoms with Crippen molar-refractivity contribution in [3.63, 3.8) is 0 Å². The van der Waals surface area contributed by atoms with Gasteiger partial charge in [-0.1, -0.05) is 24.6 Å². The van der Waals surface area contributed by atoms with Gasteiger partial charge in [-0.25, -0.2) is 0 Å². The van der Waals surface area contributed by atoms with Gasteiger partial charge in [-0.05, 0) is 25.0 Å². The van der Waals surface area contributed by atoms with E-state index in [1.54, 1.807) is 17.0 Å². The van der Waals surface area contributed by atoms with Gasteiger partial charge in [-0.3, -0.25) is 9.59 Å². The zero-order valence-electron chi connectivity index (χ0n) is 10.6. The molecule has 0 bridgehead atoms. The third-order valence-electron chi connectivity index (χ3n) is 3.52. The fourth-order valence-corrected chi connectivity index (χ4v) is 2.33. The van der Waals surface area contributed by atoms with Crippen molar-refractivity contribution in [3.8, 4) is 0 Å². The molecule has 1 fully saturated rings. The van der Waals surface area contributed by atoms with Crippen LogP contribution >= 0.6 is 0 Å². The third-order valence-corrected chi connectivity index (χ3v) is 3.52. The number of amides is 1. The Morgan fingerprint density at radius 1 is 1.22 bits per heavy atom. The van der Waals surface area contributed by atoms with Crippen molar-refractivity contribution in [1.82, 2.24) is 4.90 Å². The lowest BCUT2D eigenvalue weighted by atomic mass is 9.99. The number of hydrogen-bond acceptors (Lipinski definition) is 2. The molecule has 1 aliphatic heterocycles. The van der Waals surface area contributed by atoms with Gasteiger partial charge in [0.1, 0.15) is 0 Å². The van der Waals surface area contributed by atoms with Crippen molar-refractivity contribution in [1.29, 1.82) is 0 Å². The van der Waals surface area contributed by atoms with E-state index >= 15 is 0 Å². The fourth-order valence-electron chi connectivity index (χ4n) is 2.33. The number of benzene rings is 1. The number of carboxylic acid groups (broad SMARTS) is 1. The lowest BCUT2D eigenvalue weighted by Gasteiger charge is -2.15. The Balaban J connectivity index is 2.12. The second-order valence-electron chi connectivity index (χ2n) is 5.00. The fraction of sp³-hybridized carbons (Fsp3) is 0.429. The number of aryl methyl sites for hydroxylation is 1. The average molecular weight is 247 g/mol. The van der Waals surface area contributed by atoms with E-state index in [4.69, 9.17) is 5.11 Å². The van der Waals surface area contributed by atoms with Crippen LogP contribution in [0.3, 0.4) is 0 Å². The van der Waals surface area contributed by atoms with Crippen LogP contribution in [0.1, 0.15) is 22.8 Å². The highest BCUT2D eigenvalue weighted by Crippen LogP contribution is 2.24. The Kier molecular flexibility index (Phi) is 3.36. The molecule has 0 unspecified atom stereocenters. The Morgan fingerprint density at radius 2 is 1.83 bits per heavy atom. The minimum atomic E-state index is -0.818. The SMILES string of the molecule is Cc1ccc(C(=O)N2C[C@@H](C)[C@H](C(=O)O)C2)cc1. The second kappa shape index (κ2) is 4.80. The van der Waals surface area contributed by atoms with Gasteiger partial charge >= 0.3 is 5.97 Å². The molecule has 1 saturated heterocycles. The first-order valence-electron chi connectivity index (χ1n) is 6.08. The predicted molar refractivity (Wildman–Crippen MR) is 67.4 cm³/mol. The molecule has 2 rings (SSSR count). The summed E-state index contributed by atoms with van der Waals surface area (Å²) in [6.07, 6.45) is 0. The van der Waals surface area contributed by atoms with E-state index < -0.39 is 11.9 Å². The molecule has 1 heterocycles. The largest absolute Gasteiger partial charge is 0.481 e. The van der Waals surface area contributed by atoms with Crippen LogP contribution in [0.4, 0.5) is 0 Å². The van der Waals surface area contributed by atoms with E-state index in [9.17, 15) is 9.59 Å². The van der Waals surface area contributed by atoms with E-state index in [0.29, 0.717) is 18.7 Å². The summed E-state index contributed by atoms with van der Waals surface area (Å²) < 4.78 is 0. The third kappa shape index (κ3) is 2.37. The van der Waals surface area contributed by atoms with Crippen molar-refractivity contribution in [2.75, 3.05) is 13.1 Å². The second-order valence-corrected chi connectivity index (χ2v) is 5.00. The highest BCUT2D eigenvalue weighted by atomic mass is 16.4. The smallest absolute Gasteiger partial charge is 0.308 e. The number of aliphatic carboxylic acids is 1. The zero-order chi connectivity index (χ0) is 13.3. The van der Waals surface area contributed by atoms with Gasteiger partial charge in [0, 0.05) is 18.7 Å². The van der Waals surface area contributed by atoms with Gasteiger partial charge in [0.05, 0.1) is 5.92 Å². The first kappa shape index (κ1) is 12.6. The monoisotopic (exact) mass is 247 g/mol. The maximum Gasteiger partial charge on any atom is 0.308 e. The molecule has 18 heavy (non-hydrogen) atoms. The van der Waals surface area contributed by atoms with Gasteiger partial charge in [0.25, 0.3) is 5.91 Å². The lowest BCUT2D eigenvalue weighted by Crippen LogP contribution is -2.29. The number of carbonyl (C=O) groups excluding carboxylic acids is 1. The molecule has 4 nitrogen and oxygen atoms in total. The van der Waals surface area contributed by atoms with E-state index in [1.165, 1.54) is 0 Å². The summed E-state index contributed by atoms with van der Waals surface area (Å²) in [5.74, 6) is -1.33. The summed E-state index contributed by atoms with van der Waals surface area (Å²) >= 11 is 0. The first-order chi connectivity index (χ1) is 8.49. The van der Waals surface area contributed by atoms with Gasteiger partial charge in [0.15, 0.2) is 0 Å². The molecule has 2 atom stereocenters. The molecular weight excluding hydrogens is 230 g/mol. The highest BCUT2D eigenvalue weighted by molar-refractivity contribution is 5.94. The number of likely N-dealkylation sites (tertiary alicyclic amines) is 1. The van der Waals surface area contributed by atoms with Crippen LogP contribution in [0.5, 0.6) is 0 Å². The molecule has 1 aromatic rings. The Bertz CT molecular complexity index is 466. The van der Waals surface area contributed by atoms with Crippen LogP contribution in [-0.2, 0) is 4.79 Å². The molecule has 0 saturated carbocycles. The van der Waals surface area contributed by atoms with Crippen molar-refractivity contribution < 1.29 is 14.7 Å². The molecule has 1 N–H and O–H groups in total. The molecule has 0 aliphatic carbocycles. The summed E-state index contributed by atoms with van der Waals surface area (Å²) in [6.45, 7) is 4.67. The van der Waals surface area contributed by atoms with Crippen LogP contribution in [0.15, 0.2) is 24.3 Å².